The quantitative estimate of drug-likeness (QED) is 0.594. The first-order valence-corrected chi connectivity index (χ1v) is 5.10. The Morgan fingerprint density at radius 2 is 2.27 bits per heavy atom. The van der Waals surface area contributed by atoms with Crippen molar-refractivity contribution >= 4 is 11.8 Å². The second-order valence-corrected chi connectivity index (χ2v) is 4.07. The summed E-state index contributed by atoms with van der Waals surface area (Å²) < 4.78 is 0. The molecule has 0 aliphatic carbocycles. The van der Waals surface area contributed by atoms with Crippen LogP contribution >= 0.6 is 11.8 Å². The number of hydrogen-bond acceptors (Lipinski definition) is 3. The molecule has 3 heteroatoms. The van der Waals surface area contributed by atoms with Gasteiger partial charge in [0.2, 0.25) is 0 Å². The minimum absolute atomic E-state index is 0.512. The van der Waals surface area contributed by atoms with Crippen LogP contribution in [0.5, 0.6) is 0 Å². The Morgan fingerprint density at radius 1 is 1.64 bits per heavy atom. The Labute approximate surface area is 73.2 Å². The maximum Gasteiger partial charge on any atom is 0.103 e. The van der Waals surface area contributed by atoms with E-state index in [4.69, 9.17) is 0 Å². The topological polar surface area (TPSA) is 6.48 Å². The Kier molecular flexibility index (Phi) is 2.84. The van der Waals surface area contributed by atoms with Gasteiger partial charge in [-0.3, -0.25) is 4.90 Å². The van der Waals surface area contributed by atoms with Crippen molar-refractivity contribution in [1.29, 1.82) is 0 Å². The summed E-state index contributed by atoms with van der Waals surface area (Å²) in [5.41, 5.74) is 0. The highest BCUT2D eigenvalue weighted by atomic mass is 32.2. The minimum Gasteiger partial charge on any atom is -0.362 e. The third-order valence-corrected chi connectivity index (χ3v) is 3.26. The van der Waals surface area contributed by atoms with Crippen molar-refractivity contribution in [1.82, 2.24) is 9.80 Å². The van der Waals surface area contributed by atoms with Crippen LogP contribution in [0.1, 0.15) is 6.92 Å². The van der Waals surface area contributed by atoms with E-state index >= 15 is 0 Å². The van der Waals surface area contributed by atoms with Gasteiger partial charge in [0.25, 0.3) is 0 Å². The molecule has 1 rings (SSSR count). The molecule has 0 saturated carbocycles. The average Bonchev–Trinajstić information content (AvgIpc) is 2.00. The largest absolute Gasteiger partial charge is 0.362 e. The van der Waals surface area contributed by atoms with Crippen molar-refractivity contribution in [2.45, 2.75) is 18.5 Å². The van der Waals surface area contributed by atoms with Crippen LogP contribution in [0, 0.1) is 0 Å². The van der Waals surface area contributed by atoms with Crippen molar-refractivity contribution < 1.29 is 0 Å². The van der Waals surface area contributed by atoms with Crippen LogP contribution in [0.3, 0.4) is 0 Å². The fourth-order valence-electron chi connectivity index (χ4n) is 1.14. The molecule has 2 atom stereocenters. The summed E-state index contributed by atoms with van der Waals surface area (Å²) in [4.78, 5) is 4.57. The summed E-state index contributed by atoms with van der Waals surface area (Å²) in [5.74, 6) is 0. The third kappa shape index (κ3) is 1.71. The number of likely N-dealkylation sites (N-methyl/N-ethyl adjacent to an activating group) is 2. The molecule has 64 valence electrons. The average molecular weight is 172 g/mol. The van der Waals surface area contributed by atoms with Crippen LogP contribution in [-0.4, -0.2) is 41.7 Å². The molecule has 0 fully saturated rings. The van der Waals surface area contributed by atoms with Crippen molar-refractivity contribution in [3.63, 3.8) is 0 Å². The molecule has 1 aliphatic rings. The molecule has 0 N–H and O–H groups in total. The van der Waals surface area contributed by atoms with E-state index in [-0.39, 0.29) is 0 Å². The van der Waals surface area contributed by atoms with Gasteiger partial charge in [0.15, 0.2) is 0 Å². The zero-order valence-corrected chi connectivity index (χ0v) is 8.43. The van der Waals surface area contributed by atoms with Gasteiger partial charge in [0.05, 0.1) is 5.37 Å². The van der Waals surface area contributed by atoms with Gasteiger partial charge in [-0.15, -0.1) is 11.8 Å². The maximum absolute atomic E-state index is 2.35. The van der Waals surface area contributed by atoms with Crippen LogP contribution in [0.25, 0.3) is 0 Å². The molecule has 2 nitrogen and oxygen atoms in total. The van der Waals surface area contributed by atoms with Crippen LogP contribution in [0.4, 0.5) is 0 Å². The summed E-state index contributed by atoms with van der Waals surface area (Å²) in [6.07, 6.45) is 6.97. The van der Waals surface area contributed by atoms with Gasteiger partial charge in [0, 0.05) is 7.05 Å². The van der Waals surface area contributed by atoms with Crippen LogP contribution < -0.4 is 0 Å². The number of thioether (sulfide) groups is 1. The van der Waals surface area contributed by atoms with Crippen molar-refractivity contribution in [3.05, 3.63) is 12.3 Å². The van der Waals surface area contributed by atoms with E-state index in [2.05, 4.69) is 49.4 Å². The lowest BCUT2D eigenvalue weighted by Gasteiger charge is -2.41. The fraction of sp³-hybridized carbons (Fsp3) is 0.750. The second kappa shape index (κ2) is 3.50. The fourth-order valence-corrected chi connectivity index (χ4v) is 1.60. The minimum atomic E-state index is 0.512. The molecule has 11 heavy (non-hydrogen) atoms. The Bertz CT molecular complexity index is 158. The molecule has 1 heterocycles. The van der Waals surface area contributed by atoms with E-state index in [0.717, 1.165) is 0 Å². The van der Waals surface area contributed by atoms with Crippen molar-refractivity contribution in [2.75, 3.05) is 20.4 Å². The molecule has 0 saturated heterocycles. The van der Waals surface area contributed by atoms with E-state index in [1.165, 1.54) is 0 Å². The Balaban J connectivity index is 2.42. The summed E-state index contributed by atoms with van der Waals surface area (Å²) in [5, 5.41) is 0.590. The lowest BCUT2D eigenvalue weighted by molar-refractivity contribution is 0.128. The predicted octanol–water partition coefficient (Wildman–Crippen LogP) is 1.41. The monoisotopic (exact) mass is 172 g/mol. The number of nitrogens with zero attached hydrogens (tertiary/aromatic N) is 2. The molecule has 0 bridgehead atoms. The second-order valence-electron chi connectivity index (χ2n) is 2.92. The summed E-state index contributed by atoms with van der Waals surface area (Å²) in [6.45, 7) is 2.23. The van der Waals surface area contributed by atoms with Crippen LogP contribution in [0.15, 0.2) is 12.3 Å². The normalized spacial score (nSPS) is 25.5. The van der Waals surface area contributed by atoms with Crippen LogP contribution in [-0.2, 0) is 0 Å². The van der Waals surface area contributed by atoms with Gasteiger partial charge in [-0.05, 0) is 32.5 Å². The van der Waals surface area contributed by atoms with Gasteiger partial charge >= 0.3 is 0 Å². The standard InChI is InChI=1S/C8H16N2S/c1-7(11-4)10(3)8-5-6-9(8)2/h5-8H,1-4H3. The molecule has 0 spiro atoms. The SMILES string of the molecule is CSC(C)N(C)C1C=CN1C. The third-order valence-electron chi connectivity index (χ3n) is 2.24. The van der Waals surface area contributed by atoms with E-state index < -0.39 is 0 Å². The van der Waals surface area contributed by atoms with E-state index in [9.17, 15) is 0 Å². The zero-order chi connectivity index (χ0) is 8.43. The molecule has 2 unspecified atom stereocenters. The Hall–Kier alpha value is -0.150. The molecule has 0 aromatic heterocycles. The first-order chi connectivity index (χ1) is 5.16. The molecule has 0 amide bonds. The zero-order valence-electron chi connectivity index (χ0n) is 7.61. The number of hydrogen-bond donors (Lipinski definition) is 0. The van der Waals surface area contributed by atoms with Gasteiger partial charge in [-0.25, -0.2) is 0 Å². The van der Waals surface area contributed by atoms with Gasteiger partial charge in [0.1, 0.15) is 6.17 Å². The smallest absolute Gasteiger partial charge is 0.103 e. The first kappa shape index (κ1) is 8.94. The summed E-state index contributed by atoms with van der Waals surface area (Å²) in [7, 11) is 4.26. The van der Waals surface area contributed by atoms with Crippen molar-refractivity contribution in [3.8, 4) is 0 Å². The molecule has 0 aromatic rings. The molecular weight excluding hydrogens is 156 g/mol. The van der Waals surface area contributed by atoms with E-state index in [1.807, 2.05) is 11.8 Å². The maximum atomic E-state index is 2.35. The highest BCUT2D eigenvalue weighted by Crippen LogP contribution is 2.20. The first-order valence-electron chi connectivity index (χ1n) is 3.82. The molecule has 1 aliphatic heterocycles. The Morgan fingerprint density at radius 3 is 2.55 bits per heavy atom. The molecule has 0 radical (unpaired) electrons. The summed E-state index contributed by atoms with van der Waals surface area (Å²) >= 11 is 1.88. The van der Waals surface area contributed by atoms with Crippen LogP contribution in [0.2, 0.25) is 0 Å². The van der Waals surface area contributed by atoms with Gasteiger partial charge in [-0.2, -0.15) is 0 Å². The lowest BCUT2D eigenvalue weighted by Crippen LogP contribution is -2.48. The predicted molar refractivity (Wildman–Crippen MR) is 51.4 cm³/mol. The van der Waals surface area contributed by atoms with E-state index in [1.54, 1.807) is 0 Å². The number of rotatable bonds is 3. The molecular formula is C8H16N2S. The lowest BCUT2D eigenvalue weighted by atomic mass is 10.3. The van der Waals surface area contributed by atoms with Gasteiger partial charge in [-0.1, -0.05) is 0 Å². The summed E-state index contributed by atoms with van der Waals surface area (Å²) in [6, 6.07) is 0. The van der Waals surface area contributed by atoms with Crippen molar-refractivity contribution in [2.24, 2.45) is 0 Å². The molecule has 0 aromatic carbocycles. The highest BCUT2D eigenvalue weighted by molar-refractivity contribution is 7.99. The highest BCUT2D eigenvalue weighted by Gasteiger charge is 2.23. The van der Waals surface area contributed by atoms with E-state index in [0.29, 0.717) is 11.5 Å². The van der Waals surface area contributed by atoms with Gasteiger partial charge < -0.3 is 4.90 Å².